The van der Waals surface area contributed by atoms with Gasteiger partial charge in [0.2, 0.25) is 0 Å². The molecule has 418 valence electrons. The average Bonchev–Trinajstić information content (AvgIpc) is 1.36. The second-order valence-corrected chi connectivity index (χ2v) is 29.5. The quantitative estimate of drug-likeness (QED) is 0.123. The van der Waals surface area contributed by atoms with Gasteiger partial charge in [-0.25, -0.2) is 0 Å². The van der Waals surface area contributed by atoms with Crippen molar-refractivity contribution in [2.75, 3.05) is 0 Å². The molecule has 2 nitrogen and oxygen atoms in total. The number of fused-ring (bicyclic) bond motifs is 17. The molecule has 0 fully saturated rings. The summed E-state index contributed by atoms with van der Waals surface area (Å²) in [6.07, 6.45) is 0. The van der Waals surface area contributed by atoms with Crippen molar-refractivity contribution in [2.45, 2.75) is 112 Å². The van der Waals surface area contributed by atoms with E-state index >= 15 is 0 Å². The van der Waals surface area contributed by atoms with Crippen LogP contribution in [0.5, 0.6) is 0 Å². The second-order valence-electron chi connectivity index (χ2n) is 29.5. The largest absolute Gasteiger partial charge is 0.310 e. The fourth-order valence-electron chi connectivity index (χ4n) is 15.0. The molecule has 0 bridgehead atoms. The maximum atomic E-state index is 2.73. The maximum absolute atomic E-state index is 2.73. The Hall–Kier alpha value is -8.92. The van der Waals surface area contributed by atoms with E-state index in [4.69, 9.17) is 0 Å². The summed E-state index contributed by atoms with van der Waals surface area (Å²) in [4.78, 5) is 0. The van der Waals surface area contributed by atoms with Gasteiger partial charge in [-0.2, -0.15) is 0 Å². The summed E-state index contributed by atoms with van der Waals surface area (Å²) in [5.41, 5.74) is 28.3. The van der Waals surface area contributed by atoms with Gasteiger partial charge in [-0.05, 0) is 181 Å². The molecule has 0 unspecified atom stereocenters. The fourth-order valence-corrected chi connectivity index (χ4v) is 15.0. The molecule has 0 N–H and O–H groups in total. The Morgan fingerprint density at radius 3 is 1.09 bits per heavy atom. The molecule has 2 aliphatic heterocycles. The van der Waals surface area contributed by atoms with Crippen LogP contribution in [0, 0.1) is 6.92 Å². The molecule has 14 aromatic rings. The molecule has 86 heavy (non-hydrogen) atoms. The molecule has 12 aromatic carbocycles. The van der Waals surface area contributed by atoms with Crippen LogP contribution in [0.15, 0.2) is 206 Å². The Morgan fingerprint density at radius 1 is 0.291 bits per heavy atom. The molecule has 0 amide bonds. The minimum atomic E-state index is -0.120. The van der Waals surface area contributed by atoms with Crippen LogP contribution in [0.4, 0.5) is 0 Å². The predicted molar refractivity (Wildman–Crippen MR) is 374 cm³/mol. The SMILES string of the molecule is Cc1ccc2c3ccccc3c3cc4c5c(c3c2c1)-n1c2ccc(-c3ccc(C(C)(C)C)cc3)cc2c2cc(-c3ccc(C(C)(C)C)cc3)cc(c21)B5c1cc(-c2ccc(C(C)(C)C)cc2)cc2c3cc(-c5ccc(C(C)(C)C)cc5)ccc3n-4c12. The van der Waals surface area contributed by atoms with Crippen molar-refractivity contribution >= 4 is 99.0 Å². The first kappa shape index (κ1) is 52.6. The number of hydrogen-bond acceptors (Lipinski definition) is 0. The molecule has 16 rings (SSSR count). The van der Waals surface area contributed by atoms with Crippen LogP contribution >= 0.6 is 0 Å². The van der Waals surface area contributed by atoms with Crippen LogP contribution in [0.2, 0.25) is 0 Å². The zero-order valence-corrected chi connectivity index (χ0v) is 52.1. The Morgan fingerprint density at radius 2 is 0.651 bits per heavy atom. The summed E-state index contributed by atoms with van der Waals surface area (Å²) >= 11 is 0. The molecule has 0 atom stereocenters. The van der Waals surface area contributed by atoms with Crippen molar-refractivity contribution in [3.05, 3.63) is 234 Å². The van der Waals surface area contributed by atoms with E-state index in [0.29, 0.717) is 0 Å². The summed E-state index contributed by atoms with van der Waals surface area (Å²) in [6.45, 7) is 29.8. The van der Waals surface area contributed by atoms with Crippen LogP contribution < -0.4 is 16.4 Å². The zero-order chi connectivity index (χ0) is 59.2. The maximum Gasteiger partial charge on any atom is 0.252 e. The third kappa shape index (κ3) is 7.85. The van der Waals surface area contributed by atoms with E-state index in [9.17, 15) is 0 Å². The summed E-state index contributed by atoms with van der Waals surface area (Å²) in [5.74, 6) is 0. The van der Waals surface area contributed by atoms with Crippen LogP contribution in [0.25, 0.3) is 132 Å². The van der Waals surface area contributed by atoms with Crippen molar-refractivity contribution in [3.63, 3.8) is 0 Å². The topological polar surface area (TPSA) is 9.86 Å². The van der Waals surface area contributed by atoms with Crippen molar-refractivity contribution in [1.29, 1.82) is 0 Å². The third-order valence-corrected chi connectivity index (χ3v) is 19.8. The zero-order valence-electron chi connectivity index (χ0n) is 52.1. The minimum absolute atomic E-state index is 0.0297. The highest BCUT2D eigenvalue weighted by Gasteiger charge is 2.43. The predicted octanol–water partition coefficient (Wildman–Crippen LogP) is 20.6. The lowest BCUT2D eigenvalue weighted by atomic mass is 9.34. The van der Waals surface area contributed by atoms with Gasteiger partial charge >= 0.3 is 0 Å². The lowest BCUT2D eigenvalue weighted by Gasteiger charge is -2.35. The van der Waals surface area contributed by atoms with Gasteiger partial charge in [0.1, 0.15) is 0 Å². The number of benzene rings is 12. The Labute approximate surface area is 506 Å². The lowest BCUT2D eigenvalue weighted by Crippen LogP contribution is -2.59. The van der Waals surface area contributed by atoms with Crippen LogP contribution in [0.3, 0.4) is 0 Å². The molecule has 0 saturated heterocycles. The van der Waals surface area contributed by atoms with E-state index in [-0.39, 0.29) is 28.4 Å². The number of aryl methyl sites for hydroxylation is 1. The number of rotatable bonds is 4. The van der Waals surface area contributed by atoms with E-state index in [1.165, 1.54) is 176 Å². The summed E-state index contributed by atoms with van der Waals surface area (Å²) in [7, 11) is 0. The molecular weight excluding hydrogens is 1040 g/mol. The second kappa shape index (κ2) is 18.1. The molecule has 0 radical (unpaired) electrons. The molecule has 4 heterocycles. The van der Waals surface area contributed by atoms with Crippen molar-refractivity contribution in [3.8, 4) is 55.9 Å². The van der Waals surface area contributed by atoms with E-state index in [2.05, 4.69) is 305 Å². The van der Waals surface area contributed by atoms with Gasteiger partial charge in [0.05, 0.1) is 16.7 Å². The number of hydrogen-bond donors (Lipinski definition) is 0. The minimum Gasteiger partial charge on any atom is -0.310 e. The Balaban J connectivity index is 1.09. The molecule has 0 aliphatic carbocycles. The van der Waals surface area contributed by atoms with Gasteiger partial charge < -0.3 is 9.13 Å². The van der Waals surface area contributed by atoms with Crippen molar-refractivity contribution in [2.24, 2.45) is 0 Å². The Kier molecular flexibility index (Phi) is 11.1. The summed E-state index contributed by atoms with van der Waals surface area (Å²) in [6, 6.07) is 81.3. The van der Waals surface area contributed by atoms with Gasteiger partial charge in [0.15, 0.2) is 0 Å². The van der Waals surface area contributed by atoms with E-state index in [0.717, 1.165) is 0 Å². The average molecular weight is 1110 g/mol. The molecular formula is C83H73BN2. The van der Waals surface area contributed by atoms with Gasteiger partial charge in [-0.15, -0.1) is 0 Å². The van der Waals surface area contributed by atoms with Gasteiger partial charge in [-0.1, -0.05) is 252 Å². The summed E-state index contributed by atoms with van der Waals surface area (Å²) < 4.78 is 5.42. The monoisotopic (exact) mass is 1110 g/mol. The van der Waals surface area contributed by atoms with Crippen molar-refractivity contribution in [1.82, 2.24) is 9.13 Å². The highest BCUT2D eigenvalue weighted by atomic mass is 15.0. The van der Waals surface area contributed by atoms with Gasteiger partial charge in [0, 0.05) is 43.7 Å². The molecule has 0 saturated carbocycles. The van der Waals surface area contributed by atoms with Crippen molar-refractivity contribution < 1.29 is 0 Å². The molecule has 2 aromatic heterocycles. The Bertz CT molecular complexity index is 5210. The highest BCUT2D eigenvalue weighted by molar-refractivity contribution is 7.00. The standard InChI is InChI=1S/C83H73BN2/c1-48-18-37-63-61-16-14-15-17-62(61)67-47-74-76-79(75(67)66(63)40-48)86-73-39-28-54(50-21-31-58(32-22-50)81(5,6)7)42-65(73)69-44-56(52-25-35-60(36-26-52)83(11,12)13)46-71(78(69)86)84(76)70-45-55(51-23-33-59(34-24-51)82(8,9)10)43-68-64-41-53(27-38-72(64)85(74)77(68)70)49-19-29-57(30-20-49)80(2,3)4/h14-47H,1-13H3. The normalized spacial score (nSPS) is 13.4. The molecule has 3 heteroatoms. The van der Waals surface area contributed by atoms with Crippen LogP contribution in [-0.2, 0) is 21.7 Å². The molecule has 0 spiro atoms. The van der Waals surface area contributed by atoms with Gasteiger partial charge in [0.25, 0.3) is 6.71 Å². The third-order valence-electron chi connectivity index (χ3n) is 19.8. The lowest BCUT2D eigenvalue weighted by molar-refractivity contribution is 0.590. The van der Waals surface area contributed by atoms with Gasteiger partial charge in [-0.3, -0.25) is 0 Å². The van der Waals surface area contributed by atoms with E-state index in [1.807, 2.05) is 0 Å². The highest BCUT2D eigenvalue weighted by Crippen LogP contribution is 2.48. The first-order valence-electron chi connectivity index (χ1n) is 31.2. The first-order chi connectivity index (χ1) is 41.1. The number of nitrogens with zero attached hydrogens (tertiary/aromatic N) is 2. The van der Waals surface area contributed by atoms with E-state index in [1.54, 1.807) is 0 Å². The number of aromatic nitrogens is 2. The van der Waals surface area contributed by atoms with E-state index < -0.39 is 0 Å². The fraction of sp³-hybridized carbons (Fsp3) is 0.205. The first-order valence-corrected chi connectivity index (χ1v) is 31.2. The van der Waals surface area contributed by atoms with Crippen LogP contribution in [-0.4, -0.2) is 15.8 Å². The van der Waals surface area contributed by atoms with Crippen LogP contribution in [0.1, 0.15) is 111 Å². The smallest absolute Gasteiger partial charge is 0.252 e. The molecule has 2 aliphatic rings. The summed E-state index contributed by atoms with van der Waals surface area (Å²) in [5, 5.41) is 12.8.